The average Bonchev–Trinajstić information content (AvgIpc) is 3.10. The zero-order valence-electron chi connectivity index (χ0n) is 14.5. The Morgan fingerprint density at radius 2 is 1.78 bits per heavy atom. The van der Waals surface area contributed by atoms with Gasteiger partial charge in [-0.1, -0.05) is 54.1 Å². The van der Waals surface area contributed by atoms with Crippen molar-refractivity contribution in [1.82, 2.24) is 10.3 Å². The Morgan fingerprint density at radius 1 is 1.11 bits per heavy atom. The van der Waals surface area contributed by atoms with E-state index in [0.717, 1.165) is 16.7 Å². The van der Waals surface area contributed by atoms with Crippen LogP contribution in [0.2, 0.25) is 5.02 Å². The minimum atomic E-state index is -3.06. The molecule has 0 saturated heterocycles. The molecule has 3 rings (SSSR count). The fourth-order valence-electron chi connectivity index (χ4n) is 2.46. The molecule has 0 spiro atoms. The van der Waals surface area contributed by atoms with Crippen molar-refractivity contribution in [2.75, 3.05) is 6.26 Å². The Labute approximate surface area is 167 Å². The zero-order valence-corrected chi connectivity index (χ0v) is 16.9. The van der Waals surface area contributed by atoms with E-state index in [1.807, 2.05) is 30.3 Å². The number of hydrogen-bond acceptors (Lipinski definition) is 5. The summed E-state index contributed by atoms with van der Waals surface area (Å²) >= 11 is 7.45. The predicted molar refractivity (Wildman–Crippen MR) is 109 cm³/mol. The minimum Gasteiger partial charge on any atom is -0.347 e. The third kappa shape index (κ3) is 5.38. The van der Waals surface area contributed by atoms with E-state index in [1.54, 1.807) is 18.2 Å². The average molecular weight is 421 g/mol. The second-order valence-electron chi connectivity index (χ2n) is 6.08. The van der Waals surface area contributed by atoms with Gasteiger partial charge in [0.2, 0.25) is 0 Å². The summed E-state index contributed by atoms with van der Waals surface area (Å²) in [5.41, 5.74) is 2.40. The number of benzene rings is 2. The fourth-order valence-corrected chi connectivity index (χ4v) is 4.41. The van der Waals surface area contributed by atoms with Crippen LogP contribution in [0.4, 0.5) is 0 Å². The van der Waals surface area contributed by atoms with Gasteiger partial charge in [0.25, 0.3) is 5.91 Å². The van der Waals surface area contributed by atoms with Crippen molar-refractivity contribution in [2.45, 2.75) is 12.3 Å². The SMILES string of the molecule is CS(=O)(=O)Cc1ccc(CNC(=O)c2cnc(-c3ccccc3Cl)s2)cc1. The molecule has 2 aromatic carbocycles. The number of thiazole rings is 1. The molecular formula is C19H17ClN2O3S2. The third-order valence-electron chi connectivity index (χ3n) is 3.74. The van der Waals surface area contributed by atoms with Gasteiger partial charge in [-0.05, 0) is 17.2 Å². The number of carbonyl (C=O) groups is 1. The largest absolute Gasteiger partial charge is 0.347 e. The summed E-state index contributed by atoms with van der Waals surface area (Å²) in [6.07, 6.45) is 2.74. The first-order valence-electron chi connectivity index (χ1n) is 8.06. The van der Waals surface area contributed by atoms with Crippen LogP contribution in [-0.2, 0) is 22.1 Å². The quantitative estimate of drug-likeness (QED) is 0.655. The van der Waals surface area contributed by atoms with E-state index < -0.39 is 9.84 Å². The molecular weight excluding hydrogens is 404 g/mol. The summed E-state index contributed by atoms with van der Waals surface area (Å²) in [5, 5.41) is 4.12. The number of carbonyl (C=O) groups excluding carboxylic acids is 1. The lowest BCUT2D eigenvalue weighted by molar-refractivity contribution is 0.0954. The van der Waals surface area contributed by atoms with E-state index in [9.17, 15) is 13.2 Å². The van der Waals surface area contributed by atoms with Crippen LogP contribution < -0.4 is 5.32 Å². The minimum absolute atomic E-state index is 0.00528. The van der Waals surface area contributed by atoms with Crippen molar-refractivity contribution in [2.24, 2.45) is 0 Å². The third-order valence-corrected chi connectivity index (χ3v) is 5.96. The molecule has 27 heavy (non-hydrogen) atoms. The Kier molecular flexibility index (Phi) is 5.94. The molecule has 5 nitrogen and oxygen atoms in total. The molecule has 0 saturated carbocycles. The summed E-state index contributed by atoms with van der Waals surface area (Å²) in [6.45, 7) is 0.345. The molecule has 0 atom stereocenters. The first-order chi connectivity index (χ1) is 12.8. The molecule has 3 aromatic rings. The molecule has 0 fully saturated rings. The van der Waals surface area contributed by atoms with Crippen LogP contribution in [0.1, 0.15) is 20.8 Å². The van der Waals surface area contributed by atoms with Crippen molar-refractivity contribution in [3.63, 3.8) is 0 Å². The molecule has 1 heterocycles. The van der Waals surface area contributed by atoms with Crippen LogP contribution >= 0.6 is 22.9 Å². The zero-order chi connectivity index (χ0) is 19.4. The number of aromatic nitrogens is 1. The first kappa shape index (κ1) is 19.5. The number of halogens is 1. The van der Waals surface area contributed by atoms with Gasteiger partial charge >= 0.3 is 0 Å². The summed E-state index contributed by atoms with van der Waals surface area (Å²) in [4.78, 5) is 17.1. The Balaban J connectivity index is 1.62. The number of nitrogens with one attached hydrogen (secondary N) is 1. The molecule has 0 radical (unpaired) electrons. The van der Waals surface area contributed by atoms with Gasteiger partial charge in [0.05, 0.1) is 17.0 Å². The molecule has 0 aliphatic carbocycles. The maximum absolute atomic E-state index is 12.3. The lowest BCUT2D eigenvalue weighted by Crippen LogP contribution is -2.21. The molecule has 1 N–H and O–H groups in total. The monoisotopic (exact) mass is 420 g/mol. The second-order valence-corrected chi connectivity index (χ2v) is 9.66. The normalized spacial score (nSPS) is 11.3. The van der Waals surface area contributed by atoms with Gasteiger partial charge in [0.1, 0.15) is 9.88 Å². The Morgan fingerprint density at radius 3 is 2.44 bits per heavy atom. The second kappa shape index (κ2) is 8.21. The van der Waals surface area contributed by atoms with Crippen molar-refractivity contribution in [3.8, 4) is 10.6 Å². The highest BCUT2D eigenvalue weighted by Crippen LogP contribution is 2.30. The van der Waals surface area contributed by atoms with Gasteiger partial charge in [-0.2, -0.15) is 0 Å². The highest BCUT2D eigenvalue weighted by Gasteiger charge is 2.13. The van der Waals surface area contributed by atoms with Gasteiger partial charge < -0.3 is 5.32 Å². The van der Waals surface area contributed by atoms with Crippen molar-refractivity contribution >= 4 is 38.7 Å². The van der Waals surface area contributed by atoms with Gasteiger partial charge in [0.15, 0.2) is 9.84 Å². The van der Waals surface area contributed by atoms with Crippen LogP contribution in [0.3, 0.4) is 0 Å². The van der Waals surface area contributed by atoms with Crippen LogP contribution in [0.25, 0.3) is 10.6 Å². The number of sulfone groups is 1. The molecule has 8 heteroatoms. The van der Waals surface area contributed by atoms with Gasteiger partial charge in [-0.3, -0.25) is 4.79 Å². The highest BCUT2D eigenvalue weighted by molar-refractivity contribution is 7.89. The van der Waals surface area contributed by atoms with Crippen molar-refractivity contribution in [1.29, 1.82) is 0 Å². The summed E-state index contributed by atoms with van der Waals surface area (Å²) in [7, 11) is -3.06. The lowest BCUT2D eigenvalue weighted by atomic mass is 10.1. The predicted octanol–water partition coefficient (Wildman–Crippen LogP) is 3.94. The highest BCUT2D eigenvalue weighted by atomic mass is 35.5. The molecule has 0 aliphatic heterocycles. The number of hydrogen-bond donors (Lipinski definition) is 1. The van der Waals surface area contributed by atoms with E-state index in [4.69, 9.17) is 11.6 Å². The van der Waals surface area contributed by atoms with Gasteiger partial charge in [-0.25, -0.2) is 13.4 Å². The van der Waals surface area contributed by atoms with Gasteiger partial charge in [-0.15, -0.1) is 11.3 Å². The number of nitrogens with zero attached hydrogens (tertiary/aromatic N) is 1. The van der Waals surface area contributed by atoms with Crippen LogP contribution in [-0.4, -0.2) is 25.6 Å². The lowest BCUT2D eigenvalue weighted by Gasteiger charge is -2.05. The Hall–Kier alpha value is -2.22. The summed E-state index contributed by atoms with van der Waals surface area (Å²) < 4.78 is 22.6. The molecule has 0 bridgehead atoms. The standard InChI is InChI=1S/C19H17ClN2O3S2/c1-27(24,25)12-14-8-6-13(7-9-14)10-21-18(23)17-11-22-19(26-17)15-4-2-3-5-16(15)20/h2-9,11H,10,12H2,1H3,(H,21,23). The van der Waals surface area contributed by atoms with E-state index in [1.165, 1.54) is 23.8 Å². The summed E-state index contributed by atoms with van der Waals surface area (Å²) in [6, 6.07) is 14.5. The van der Waals surface area contributed by atoms with Crippen LogP contribution in [0, 0.1) is 0 Å². The molecule has 140 valence electrons. The number of amides is 1. The summed E-state index contributed by atoms with van der Waals surface area (Å²) in [5.74, 6) is -0.211. The van der Waals surface area contributed by atoms with Crippen LogP contribution in [0.15, 0.2) is 54.7 Å². The van der Waals surface area contributed by atoms with E-state index in [2.05, 4.69) is 10.3 Å². The molecule has 0 unspecified atom stereocenters. The van der Waals surface area contributed by atoms with Crippen LogP contribution in [0.5, 0.6) is 0 Å². The van der Waals surface area contributed by atoms with Gasteiger partial charge in [0, 0.05) is 18.4 Å². The fraction of sp³-hybridized carbons (Fsp3) is 0.158. The maximum Gasteiger partial charge on any atom is 0.263 e. The van der Waals surface area contributed by atoms with Crippen molar-refractivity contribution in [3.05, 3.63) is 75.8 Å². The van der Waals surface area contributed by atoms with E-state index in [-0.39, 0.29) is 11.7 Å². The molecule has 0 aliphatic rings. The van der Waals surface area contributed by atoms with E-state index in [0.29, 0.717) is 21.5 Å². The Bertz CT molecular complexity index is 1060. The molecule has 1 aromatic heterocycles. The number of rotatable bonds is 6. The maximum atomic E-state index is 12.3. The topological polar surface area (TPSA) is 76.1 Å². The van der Waals surface area contributed by atoms with Crippen molar-refractivity contribution < 1.29 is 13.2 Å². The molecule has 1 amide bonds. The first-order valence-corrected chi connectivity index (χ1v) is 11.3. The van der Waals surface area contributed by atoms with E-state index >= 15 is 0 Å². The smallest absolute Gasteiger partial charge is 0.263 e.